The molecule has 0 aliphatic carbocycles. The molecule has 1 rings (SSSR count). The summed E-state index contributed by atoms with van der Waals surface area (Å²) < 4.78 is 0. The Morgan fingerprint density at radius 3 is 1.78 bits per heavy atom. The first-order valence-corrected chi connectivity index (χ1v) is 11.3. The van der Waals surface area contributed by atoms with Crippen molar-refractivity contribution in [3.63, 3.8) is 0 Å². The molecule has 1 aromatic rings. The average molecular weight is 395 g/mol. The molecular weight excluding hydrogens is 352 g/mol. The lowest BCUT2D eigenvalue weighted by Crippen LogP contribution is -2.18. The molecule has 0 heterocycles. The van der Waals surface area contributed by atoms with E-state index in [1.807, 2.05) is 25.6 Å². The van der Waals surface area contributed by atoms with Crippen LogP contribution in [0.2, 0.25) is 0 Å². The van der Waals surface area contributed by atoms with Gasteiger partial charge in [-0.1, -0.05) is 61.3 Å². The van der Waals surface area contributed by atoms with Crippen LogP contribution in [0.25, 0.3) is 0 Å². The average Bonchev–Trinajstić information content (AvgIpc) is 2.44. The van der Waals surface area contributed by atoms with E-state index in [9.17, 15) is 10.2 Å². The van der Waals surface area contributed by atoms with Crippen molar-refractivity contribution in [2.24, 2.45) is 5.92 Å². The van der Waals surface area contributed by atoms with Crippen LogP contribution in [-0.4, -0.2) is 21.6 Å². The van der Waals surface area contributed by atoms with Gasteiger partial charge in [0, 0.05) is 16.0 Å². The lowest BCUT2D eigenvalue weighted by Gasteiger charge is -2.28. The molecule has 0 aliphatic rings. The Labute approximate surface area is 172 Å². The number of aliphatic hydroxyl groups is 1. The third kappa shape index (κ3) is 8.48. The number of phenolic OH excluding ortho intramolecular Hbond substituents is 1. The summed E-state index contributed by atoms with van der Waals surface area (Å²) in [5.74, 6) is 2.21. The number of rotatable bonds is 8. The van der Waals surface area contributed by atoms with Crippen LogP contribution in [0.4, 0.5) is 0 Å². The molecule has 0 bridgehead atoms. The first-order valence-electron chi connectivity index (χ1n) is 10.3. The molecule has 156 valence electrons. The minimum absolute atomic E-state index is 0.0783. The van der Waals surface area contributed by atoms with Gasteiger partial charge in [-0.25, -0.2) is 0 Å². The van der Waals surface area contributed by atoms with Crippen molar-refractivity contribution in [3.8, 4) is 5.75 Å². The number of phenols is 1. The Hall–Kier alpha value is -0.670. The first-order chi connectivity index (χ1) is 12.1. The summed E-state index contributed by atoms with van der Waals surface area (Å²) in [5.41, 5.74) is 1.37. The van der Waals surface area contributed by atoms with Crippen LogP contribution in [0.1, 0.15) is 99.1 Å². The van der Waals surface area contributed by atoms with Crippen molar-refractivity contribution in [3.05, 3.63) is 23.3 Å². The van der Waals surface area contributed by atoms with Crippen molar-refractivity contribution in [2.45, 2.75) is 109 Å². The van der Waals surface area contributed by atoms with Crippen molar-refractivity contribution in [2.75, 3.05) is 5.75 Å². The topological polar surface area (TPSA) is 40.5 Å². The standard InChI is InChI=1S/C24H42O2S/c1-17(11-10-13-24(8,9)26)12-14-27-18-15-19(22(2,3)4)21(25)20(16-18)23(5,6)7/h15-17,25-26H,10-14H2,1-9H3. The van der Waals surface area contributed by atoms with E-state index in [0.29, 0.717) is 11.7 Å². The van der Waals surface area contributed by atoms with E-state index in [0.717, 1.165) is 29.7 Å². The second kappa shape index (κ2) is 9.22. The lowest BCUT2D eigenvalue weighted by molar-refractivity contribution is 0.0670. The molecule has 0 fully saturated rings. The maximum atomic E-state index is 10.8. The molecule has 0 saturated heterocycles. The number of benzene rings is 1. The highest BCUT2D eigenvalue weighted by atomic mass is 32.2. The van der Waals surface area contributed by atoms with Gasteiger partial charge < -0.3 is 10.2 Å². The van der Waals surface area contributed by atoms with Gasteiger partial charge in [0.05, 0.1) is 5.60 Å². The second-order valence-electron chi connectivity index (χ2n) is 10.8. The largest absolute Gasteiger partial charge is 0.507 e. The minimum atomic E-state index is -0.548. The fraction of sp³-hybridized carbons (Fsp3) is 0.750. The lowest BCUT2D eigenvalue weighted by atomic mass is 9.79. The normalized spacial score (nSPS) is 14.4. The molecule has 1 atom stereocenters. The second-order valence-corrected chi connectivity index (χ2v) is 12.0. The highest BCUT2D eigenvalue weighted by Gasteiger charge is 2.26. The van der Waals surface area contributed by atoms with Crippen molar-refractivity contribution < 1.29 is 10.2 Å². The summed E-state index contributed by atoms with van der Waals surface area (Å²) in [6.45, 7) is 19.0. The van der Waals surface area contributed by atoms with Gasteiger partial charge in [-0.3, -0.25) is 0 Å². The quantitative estimate of drug-likeness (QED) is 0.464. The van der Waals surface area contributed by atoms with Crippen LogP contribution in [0.15, 0.2) is 17.0 Å². The Kier molecular flexibility index (Phi) is 8.32. The smallest absolute Gasteiger partial charge is 0.123 e. The molecule has 27 heavy (non-hydrogen) atoms. The fourth-order valence-electron chi connectivity index (χ4n) is 3.24. The van der Waals surface area contributed by atoms with E-state index in [1.165, 1.54) is 17.7 Å². The van der Waals surface area contributed by atoms with Gasteiger partial charge in [0.1, 0.15) is 5.75 Å². The third-order valence-corrected chi connectivity index (χ3v) is 6.07. The van der Waals surface area contributed by atoms with Crippen LogP contribution < -0.4 is 0 Å². The van der Waals surface area contributed by atoms with Gasteiger partial charge >= 0.3 is 0 Å². The van der Waals surface area contributed by atoms with Crippen molar-refractivity contribution in [1.82, 2.24) is 0 Å². The Bertz CT molecular complexity index is 565. The number of hydrogen-bond acceptors (Lipinski definition) is 3. The maximum absolute atomic E-state index is 10.8. The molecule has 1 unspecified atom stereocenters. The predicted molar refractivity (Wildman–Crippen MR) is 120 cm³/mol. The molecule has 0 aromatic heterocycles. The summed E-state index contributed by atoms with van der Waals surface area (Å²) in [6, 6.07) is 4.35. The molecule has 0 amide bonds. The summed E-state index contributed by atoms with van der Waals surface area (Å²) >= 11 is 1.90. The first kappa shape index (κ1) is 24.4. The SMILES string of the molecule is CC(CCCC(C)(C)O)CCSc1cc(C(C)(C)C)c(O)c(C(C)(C)C)c1. The minimum Gasteiger partial charge on any atom is -0.507 e. The Morgan fingerprint density at radius 2 is 1.37 bits per heavy atom. The summed E-state index contributed by atoms with van der Waals surface area (Å²) in [4.78, 5) is 1.26. The highest BCUT2D eigenvalue weighted by molar-refractivity contribution is 7.99. The Morgan fingerprint density at radius 1 is 0.889 bits per heavy atom. The zero-order chi connectivity index (χ0) is 21.0. The monoisotopic (exact) mass is 394 g/mol. The van der Waals surface area contributed by atoms with E-state index in [1.54, 1.807) is 0 Å². The Balaban J connectivity index is 2.78. The predicted octanol–water partition coefficient (Wildman–Crippen LogP) is 7.05. The van der Waals surface area contributed by atoms with Gasteiger partial charge in [0.15, 0.2) is 0 Å². The number of hydrogen-bond donors (Lipinski definition) is 2. The van der Waals surface area contributed by atoms with E-state index < -0.39 is 5.60 Å². The van der Waals surface area contributed by atoms with Crippen LogP contribution in [0.5, 0.6) is 5.75 Å². The van der Waals surface area contributed by atoms with Crippen molar-refractivity contribution >= 4 is 11.8 Å². The molecule has 3 heteroatoms. The maximum Gasteiger partial charge on any atom is 0.123 e. The van der Waals surface area contributed by atoms with Gasteiger partial charge in [-0.05, 0) is 61.3 Å². The molecule has 0 aliphatic heterocycles. The summed E-state index contributed by atoms with van der Waals surface area (Å²) in [7, 11) is 0. The fourth-order valence-corrected chi connectivity index (χ4v) is 4.40. The molecule has 0 spiro atoms. The van der Waals surface area contributed by atoms with E-state index in [2.05, 4.69) is 60.6 Å². The highest BCUT2D eigenvalue weighted by Crippen LogP contribution is 2.42. The van der Waals surface area contributed by atoms with Gasteiger partial charge in [-0.2, -0.15) is 0 Å². The van der Waals surface area contributed by atoms with Crippen molar-refractivity contribution in [1.29, 1.82) is 0 Å². The van der Waals surface area contributed by atoms with Crippen LogP contribution in [0, 0.1) is 5.92 Å². The van der Waals surface area contributed by atoms with Crippen LogP contribution in [-0.2, 0) is 10.8 Å². The number of thioether (sulfide) groups is 1. The summed E-state index contributed by atoms with van der Waals surface area (Å²) in [6.07, 6.45) is 4.29. The molecule has 0 radical (unpaired) electrons. The zero-order valence-electron chi connectivity index (χ0n) is 19.1. The molecular formula is C24H42O2S. The van der Waals surface area contributed by atoms with E-state index >= 15 is 0 Å². The van der Waals surface area contributed by atoms with E-state index in [-0.39, 0.29) is 10.8 Å². The van der Waals surface area contributed by atoms with Crippen LogP contribution in [0.3, 0.4) is 0 Å². The van der Waals surface area contributed by atoms with E-state index in [4.69, 9.17) is 0 Å². The molecule has 2 N–H and O–H groups in total. The molecule has 0 saturated carbocycles. The zero-order valence-corrected chi connectivity index (χ0v) is 19.9. The molecule has 1 aromatic carbocycles. The summed E-state index contributed by atoms with van der Waals surface area (Å²) in [5, 5.41) is 20.7. The van der Waals surface area contributed by atoms with Gasteiger partial charge in [-0.15, -0.1) is 11.8 Å². The van der Waals surface area contributed by atoms with Gasteiger partial charge in [0.2, 0.25) is 0 Å². The van der Waals surface area contributed by atoms with Gasteiger partial charge in [0.25, 0.3) is 0 Å². The van der Waals surface area contributed by atoms with Crippen LogP contribution >= 0.6 is 11.8 Å². The molecule has 2 nitrogen and oxygen atoms in total. The third-order valence-electron chi connectivity index (χ3n) is 5.06. The number of aromatic hydroxyl groups is 1.